The monoisotopic (exact) mass is 441 g/mol. The third-order valence-electron chi connectivity index (χ3n) is 7.04. The summed E-state index contributed by atoms with van der Waals surface area (Å²) in [4.78, 5) is 15.6. The van der Waals surface area contributed by atoms with Crippen LogP contribution >= 0.6 is 0 Å². The molecule has 0 saturated heterocycles. The zero-order valence-corrected chi connectivity index (χ0v) is 20.0. The van der Waals surface area contributed by atoms with Crippen molar-refractivity contribution in [1.29, 1.82) is 0 Å². The first kappa shape index (κ1) is 23.1. The van der Waals surface area contributed by atoms with Gasteiger partial charge in [-0.05, 0) is 83.0 Å². The van der Waals surface area contributed by atoms with Crippen LogP contribution in [0.3, 0.4) is 0 Å². The molecule has 2 N–H and O–H groups in total. The van der Waals surface area contributed by atoms with Crippen LogP contribution in [0.15, 0.2) is 78.9 Å². The highest BCUT2D eigenvalue weighted by atomic mass is 16.1. The third kappa shape index (κ3) is 5.63. The number of benzene rings is 3. The smallest absolute Gasteiger partial charge is 0.253 e. The number of aryl methyl sites for hydroxylation is 1. The van der Waals surface area contributed by atoms with Crippen molar-refractivity contribution in [2.75, 3.05) is 19.4 Å². The number of nitrogens with one attached hydrogen (secondary N) is 2. The summed E-state index contributed by atoms with van der Waals surface area (Å²) in [6, 6.07) is 26.8. The highest BCUT2D eigenvalue weighted by molar-refractivity contribution is 6.00. The largest absolute Gasteiger partial charge is 0.355 e. The normalized spacial score (nSPS) is 20.4. The molecule has 1 aliphatic carbocycles. The van der Waals surface area contributed by atoms with E-state index in [2.05, 4.69) is 60.8 Å². The summed E-state index contributed by atoms with van der Waals surface area (Å²) in [7, 11) is 4.39. The lowest BCUT2D eigenvalue weighted by Gasteiger charge is -2.45. The van der Waals surface area contributed by atoms with E-state index in [1.165, 1.54) is 11.1 Å². The van der Waals surface area contributed by atoms with E-state index in [-0.39, 0.29) is 17.5 Å². The van der Waals surface area contributed by atoms with Crippen molar-refractivity contribution in [3.8, 4) is 0 Å². The van der Waals surface area contributed by atoms with Gasteiger partial charge in [0.25, 0.3) is 5.91 Å². The van der Waals surface area contributed by atoms with Crippen LogP contribution in [-0.4, -0.2) is 36.5 Å². The molecule has 4 rings (SSSR count). The second kappa shape index (κ2) is 10.2. The Hall–Kier alpha value is -3.11. The van der Waals surface area contributed by atoms with Gasteiger partial charge in [-0.3, -0.25) is 4.79 Å². The molecule has 172 valence electrons. The van der Waals surface area contributed by atoms with Crippen molar-refractivity contribution in [2.45, 2.75) is 50.6 Å². The fourth-order valence-corrected chi connectivity index (χ4v) is 5.01. The molecule has 4 nitrogen and oxygen atoms in total. The first-order valence-corrected chi connectivity index (χ1v) is 11.9. The number of carbonyl (C=O) groups excluding carboxylic acids is 1. The Labute approximate surface area is 198 Å². The molecule has 0 aliphatic heterocycles. The van der Waals surface area contributed by atoms with E-state index in [0.29, 0.717) is 5.56 Å². The van der Waals surface area contributed by atoms with Crippen LogP contribution in [0.5, 0.6) is 0 Å². The van der Waals surface area contributed by atoms with Crippen LogP contribution in [-0.2, 0) is 6.42 Å². The van der Waals surface area contributed by atoms with Gasteiger partial charge < -0.3 is 15.5 Å². The number of carbonyl (C=O) groups is 1. The number of amides is 1. The SMILES string of the molecule is Cc1cccc(CC2(N(C)C)CCC(NC(=O)c3ccccc3Nc3ccccc3)CC2)c1. The highest BCUT2D eigenvalue weighted by Crippen LogP contribution is 2.36. The molecule has 0 aromatic heterocycles. The van der Waals surface area contributed by atoms with Gasteiger partial charge in [-0.15, -0.1) is 0 Å². The van der Waals surface area contributed by atoms with Crippen molar-refractivity contribution in [3.05, 3.63) is 95.6 Å². The average Bonchev–Trinajstić information content (AvgIpc) is 2.81. The molecule has 0 radical (unpaired) electrons. The fraction of sp³-hybridized carbons (Fsp3) is 0.345. The second-order valence-corrected chi connectivity index (χ2v) is 9.57. The number of hydrogen-bond acceptors (Lipinski definition) is 3. The van der Waals surface area contributed by atoms with Gasteiger partial charge >= 0.3 is 0 Å². The molecule has 4 heteroatoms. The number of nitrogens with zero attached hydrogens (tertiary/aromatic N) is 1. The second-order valence-electron chi connectivity index (χ2n) is 9.57. The number of hydrogen-bond donors (Lipinski definition) is 2. The summed E-state index contributed by atoms with van der Waals surface area (Å²) in [6.07, 6.45) is 5.17. The van der Waals surface area contributed by atoms with Crippen molar-refractivity contribution < 1.29 is 4.79 Å². The van der Waals surface area contributed by atoms with E-state index in [1.807, 2.05) is 54.6 Å². The Morgan fingerprint density at radius 3 is 2.33 bits per heavy atom. The molecule has 1 saturated carbocycles. The van der Waals surface area contributed by atoms with Gasteiger partial charge in [0.1, 0.15) is 0 Å². The molecule has 0 unspecified atom stereocenters. The van der Waals surface area contributed by atoms with E-state index in [0.717, 1.165) is 43.5 Å². The van der Waals surface area contributed by atoms with Crippen molar-refractivity contribution >= 4 is 17.3 Å². The van der Waals surface area contributed by atoms with Crippen LogP contribution in [0.1, 0.15) is 47.2 Å². The van der Waals surface area contributed by atoms with E-state index >= 15 is 0 Å². The number of para-hydroxylation sites is 2. The summed E-state index contributed by atoms with van der Waals surface area (Å²) in [5, 5.41) is 6.70. The van der Waals surface area contributed by atoms with Crippen LogP contribution in [0.4, 0.5) is 11.4 Å². The minimum atomic E-state index is -0.00457. The van der Waals surface area contributed by atoms with Crippen LogP contribution in [0.25, 0.3) is 0 Å². The van der Waals surface area contributed by atoms with Gasteiger partial charge in [-0.1, -0.05) is 60.2 Å². The average molecular weight is 442 g/mol. The van der Waals surface area contributed by atoms with Gasteiger partial charge in [0.2, 0.25) is 0 Å². The van der Waals surface area contributed by atoms with E-state index in [1.54, 1.807) is 0 Å². The molecule has 0 bridgehead atoms. The maximum atomic E-state index is 13.2. The van der Waals surface area contributed by atoms with Gasteiger partial charge in [0.15, 0.2) is 0 Å². The Morgan fingerprint density at radius 1 is 0.939 bits per heavy atom. The molecular weight excluding hydrogens is 406 g/mol. The third-order valence-corrected chi connectivity index (χ3v) is 7.04. The minimum Gasteiger partial charge on any atom is -0.355 e. The number of rotatable bonds is 7. The van der Waals surface area contributed by atoms with Gasteiger partial charge in [0, 0.05) is 17.3 Å². The van der Waals surface area contributed by atoms with Crippen molar-refractivity contribution in [2.24, 2.45) is 0 Å². The van der Waals surface area contributed by atoms with Crippen molar-refractivity contribution in [1.82, 2.24) is 10.2 Å². The summed E-state index contributed by atoms with van der Waals surface area (Å²) >= 11 is 0. The quantitative estimate of drug-likeness (QED) is 0.476. The first-order chi connectivity index (χ1) is 15.9. The van der Waals surface area contributed by atoms with Crippen molar-refractivity contribution in [3.63, 3.8) is 0 Å². The summed E-state index contributed by atoms with van der Waals surface area (Å²) < 4.78 is 0. The molecular formula is C29H35N3O. The Bertz CT molecular complexity index is 1070. The lowest BCUT2D eigenvalue weighted by molar-refractivity contribution is 0.0770. The standard InChI is InChI=1S/C29H35N3O/c1-22-10-9-11-23(20-22)21-29(32(2)3)18-16-25(17-19-29)31-28(33)26-14-7-8-15-27(26)30-24-12-5-4-6-13-24/h4-15,20,25,30H,16-19,21H2,1-3H3,(H,31,33). The molecule has 1 amide bonds. The zero-order valence-electron chi connectivity index (χ0n) is 20.0. The molecule has 0 spiro atoms. The lowest BCUT2D eigenvalue weighted by Crippen LogP contribution is -2.52. The van der Waals surface area contributed by atoms with Gasteiger partial charge in [-0.25, -0.2) is 0 Å². The molecule has 3 aromatic rings. The Kier molecular flexibility index (Phi) is 7.14. The van der Waals surface area contributed by atoms with Gasteiger partial charge in [0.05, 0.1) is 11.3 Å². The van der Waals surface area contributed by atoms with Crippen LogP contribution in [0, 0.1) is 6.92 Å². The molecule has 33 heavy (non-hydrogen) atoms. The molecule has 1 fully saturated rings. The predicted octanol–water partition coefficient (Wildman–Crippen LogP) is 5.95. The first-order valence-electron chi connectivity index (χ1n) is 11.9. The summed E-state index contributed by atoms with van der Waals surface area (Å²) in [6.45, 7) is 2.16. The topological polar surface area (TPSA) is 44.4 Å². The van der Waals surface area contributed by atoms with Crippen LogP contribution in [0.2, 0.25) is 0 Å². The minimum absolute atomic E-state index is 0.00457. The zero-order chi connectivity index (χ0) is 23.3. The molecule has 1 aliphatic rings. The van der Waals surface area contributed by atoms with Gasteiger partial charge in [-0.2, -0.15) is 0 Å². The van der Waals surface area contributed by atoms with E-state index in [4.69, 9.17) is 0 Å². The Balaban J connectivity index is 1.41. The Morgan fingerprint density at radius 2 is 1.64 bits per heavy atom. The predicted molar refractivity (Wildman–Crippen MR) is 137 cm³/mol. The molecule has 3 aromatic carbocycles. The maximum absolute atomic E-state index is 13.2. The maximum Gasteiger partial charge on any atom is 0.253 e. The fourth-order valence-electron chi connectivity index (χ4n) is 5.01. The summed E-state index contributed by atoms with van der Waals surface area (Å²) in [5.74, 6) is -0.00457. The molecule has 0 atom stereocenters. The van der Waals surface area contributed by atoms with E-state index < -0.39 is 0 Å². The van der Waals surface area contributed by atoms with E-state index in [9.17, 15) is 4.79 Å². The lowest BCUT2D eigenvalue weighted by atomic mass is 9.74. The summed E-state index contributed by atoms with van der Waals surface area (Å²) in [5.41, 5.74) is 5.34. The number of likely N-dealkylation sites (N-methyl/N-ethyl adjacent to an activating group) is 1. The molecule has 0 heterocycles. The highest BCUT2D eigenvalue weighted by Gasteiger charge is 2.37. The van der Waals surface area contributed by atoms with Crippen LogP contribution < -0.4 is 10.6 Å². The number of anilines is 2.